The van der Waals surface area contributed by atoms with E-state index in [-0.39, 0.29) is 5.91 Å². The van der Waals surface area contributed by atoms with Gasteiger partial charge in [-0.25, -0.2) is 0 Å². The molecule has 2 heterocycles. The van der Waals surface area contributed by atoms with Crippen LogP contribution in [0.1, 0.15) is 40.8 Å². The molecule has 1 fully saturated rings. The van der Waals surface area contributed by atoms with E-state index >= 15 is 0 Å². The van der Waals surface area contributed by atoms with Crippen molar-refractivity contribution >= 4 is 5.91 Å². The molecule has 2 aromatic heterocycles. The highest BCUT2D eigenvalue weighted by atomic mass is 16.1. The van der Waals surface area contributed by atoms with Crippen LogP contribution in [0.25, 0.3) is 0 Å². The fourth-order valence-electron chi connectivity index (χ4n) is 2.03. The van der Waals surface area contributed by atoms with Crippen LogP contribution >= 0.6 is 0 Å². The van der Waals surface area contributed by atoms with Crippen molar-refractivity contribution in [3.05, 3.63) is 47.8 Å². The highest BCUT2D eigenvalue weighted by molar-refractivity contribution is 5.92. The molecular weight excluding hydrogens is 240 g/mol. The topological polar surface area (TPSA) is 59.8 Å². The zero-order valence-electron chi connectivity index (χ0n) is 10.8. The molecule has 1 N–H and O–H groups in total. The molecule has 1 aliphatic carbocycles. The van der Waals surface area contributed by atoms with Crippen LogP contribution in [-0.2, 0) is 6.54 Å². The van der Waals surface area contributed by atoms with Gasteiger partial charge in [-0.1, -0.05) is 0 Å². The Morgan fingerprint density at radius 1 is 1.42 bits per heavy atom. The summed E-state index contributed by atoms with van der Waals surface area (Å²) in [5.74, 6) is -0.0562. The number of nitrogens with zero attached hydrogens (tertiary/aromatic N) is 3. The molecule has 0 aliphatic heterocycles. The first-order valence-corrected chi connectivity index (χ1v) is 6.46. The fraction of sp³-hybridized carbons (Fsp3) is 0.357. The van der Waals surface area contributed by atoms with E-state index in [1.165, 1.54) is 12.8 Å². The Bertz CT molecular complexity index is 584. The Kier molecular flexibility index (Phi) is 3.03. The van der Waals surface area contributed by atoms with Crippen LogP contribution in [0.5, 0.6) is 0 Å². The van der Waals surface area contributed by atoms with Gasteiger partial charge in [-0.05, 0) is 31.9 Å². The second kappa shape index (κ2) is 4.84. The molecule has 3 rings (SSSR count). The number of rotatable bonds is 4. The van der Waals surface area contributed by atoms with Gasteiger partial charge in [0.05, 0.1) is 24.1 Å². The molecule has 0 unspecified atom stereocenters. The summed E-state index contributed by atoms with van der Waals surface area (Å²) < 4.78 is 2.05. The van der Waals surface area contributed by atoms with Crippen molar-refractivity contribution in [2.24, 2.45) is 0 Å². The third kappa shape index (κ3) is 2.65. The lowest BCUT2D eigenvalue weighted by Gasteiger charge is -2.08. The predicted octanol–water partition coefficient (Wildman–Crippen LogP) is 1.85. The summed E-state index contributed by atoms with van der Waals surface area (Å²) in [6.07, 6.45) is 7.69. The predicted molar refractivity (Wildman–Crippen MR) is 70.6 cm³/mol. The Hall–Kier alpha value is -2.17. The number of aryl methyl sites for hydroxylation is 1. The van der Waals surface area contributed by atoms with Crippen molar-refractivity contribution in [3.8, 4) is 0 Å². The lowest BCUT2D eigenvalue weighted by Crippen LogP contribution is -2.25. The molecule has 5 heteroatoms. The molecule has 2 aromatic rings. The molecule has 0 bridgehead atoms. The van der Waals surface area contributed by atoms with Crippen LogP contribution < -0.4 is 5.32 Å². The molecule has 98 valence electrons. The van der Waals surface area contributed by atoms with Gasteiger partial charge >= 0.3 is 0 Å². The average molecular weight is 256 g/mol. The van der Waals surface area contributed by atoms with Crippen molar-refractivity contribution in [2.45, 2.75) is 32.4 Å². The molecular formula is C14H16N4O. The van der Waals surface area contributed by atoms with Crippen molar-refractivity contribution in [3.63, 3.8) is 0 Å². The van der Waals surface area contributed by atoms with Crippen LogP contribution in [0.4, 0.5) is 0 Å². The van der Waals surface area contributed by atoms with Gasteiger partial charge in [0.25, 0.3) is 5.91 Å². The first-order chi connectivity index (χ1) is 9.24. The van der Waals surface area contributed by atoms with Gasteiger partial charge < -0.3 is 9.88 Å². The first kappa shape index (κ1) is 11.9. The second-order valence-corrected chi connectivity index (χ2v) is 4.86. The number of hydrogen-bond acceptors (Lipinski definition) is 3. The lowest BCUT2D eigenvalue weighted by molar-refractivity contribution is 0.0941. The average Bonchev–Trinajstić information content (AvgIpc) is 3.15. The highest BCUT2D eigenvalue weighted by Gasteiger charge is 2.26. The molecule has 1 aliphatic rings. The molecule has 1 saturated carbocycles. The molecule has 0 saturated heterocycles. The molecule has 1 amide bonds. The minimum Gasteiger partial charge on any atom is -0.345 e. The van der Waals surface area contributed by atoms with E-state index in [2.05, 4.69) is 19.9 Å². The molecule has 5 nitrogen and oxygen atoms in total. The second-order valence-electron chi connectivity index (χ2n) is 4.86. The van der Waals surface area contributed by atoms with Crippen LogP contribution in [0.15, 0.2) is 30.7 Å². The fourth-order valence-corrected chi connectivity index (χ4v) is 2.03. The van der Waals surface area contributed by atoms with Gasteiger partial charge in [0.1, 0.15) is 5.69 Å². The number of amides is 1. The minimum absolute atomic E-state index is 0.0562. The van der Waals surface area contributed by atoms with Gasteiger partial charge in [0, 0.05) is 18.4 Å². The maximum Gasteiger partial charge on any atom is 0.268 e. The number of hydrogen-bond donors (Lipinski definition) is 1. The number of carbonyl (C=O) groups is 1. The Morgan fingerprint density at radius 2 is 2.26 bits per heavy atom. The van der Waals surface area contributed by atoms with Crippen molar-refractivity contribution < 1.29 is 4.79 Å². The standard InChI is InChI=1S/C14H16N4O/c1-10-7-16-11(8-15-10)9-17-14(19)13-3-2-6-18(13)12-4-5-12/h2-3,6-8,12H,4-5,9H2,1H3,(H,17,19). The van der Waals surface area contributed by atoms with E-state index in [0.29, 0.717) is 12.6 Å². The van der Waals surface area contributed by atoms with E-state index < -0.39 is 0 Å². The first-order valence-electron chi connectivity index (χ1n) is 6.46. The lowest BCUT2D eigenvalue weighted by atomic mass is 10.3. The van der Waals surface area contributed by atoms with Crippen LogP contribution in [0, 0.1) is 6.92 Å². The van der Waals surface area contributed by atoms with E-state index in [4.69, 9.17) is 0 Å². The van der Waals surface area contributed by atoms with E-state index in [9.17, 15) is 4.79 Å². The largest absolute Gasteiger partial charge is 0.345 e. The third-order valence-corrected chi connectivity index (χ3v) is 3.22. The Morgan fingerprint density at radius 3 is 2.95 bits per heavy atom. The Labute approximate surface area is 111 Å². The summed E-state index contributed by atoms with van der Waals surface area (Å²) in [4.78, 5) is 20.5. The van der Waals surface area contributed by atoms with Crippen molar-refractivity contribution in [1.82, 2.24) is 19.9 Å². The summed E-state index contributed by atoms with van der Waals surface area (Å²) in [5, 5.41) is 2.88. The highest BCUT2D eigenvalue weighted by Crippen LogP contribution is 2.35. The van der Waals surface area contributed by atoms with E-state index in [1.807, 2.05) is 25.3 Å². The number of aromatic nitrogens is 3. The minimum atomic E-state index is -0.0562. The molecule has 0 aromatic carbocycles. The molecule has 19 heavy (non-hydrogen) atoms. The van der Waals surface area contributed by atoms with Crippen molar-refractivity contribution in [2.75, 3.05) is 0 Å². The zero-order chi connectivity index (χ0) is 13.2. The SMILES string of the molecule is Cc1cnc(CNC(=O)c2cccn2C2CC2)cn1. The van der Waals surface area contributed by atoms with Crippen LogP contribution in [0.2, 0.25) is 0 Å². The maximum atomic E-state index is 12.1. The zero-order valence-corrected chi connectivity index (χ0v) is 10.8. The van der Waals surface area contributed by atoms with Gasteiger partial charge in [-0.15, -0.1) is 0 Å². The molecule has 0 atom stereocenters. The summed E-state index contributed by atoms with van der Waals surface area (Å²) in [6, 6.07) is 4.28. The number of nitrogens with one attached hydrogen (secondary N) is 1. The quantitative estimate of drug-likeness (QED) is 0.908. The van der Waals surface area contributed by atoms with Gasteiger partial charge in [0.15, 0.2) is 0 Å². The summed E-state index contributed by atoms with van der Waals surface area (Å²) in [5.41, 5.74) is 2.36. The van der Waals surface area contributed by atoms with Crippen LogP contribution in [0.3, 0.4) is 0 Å². The summed E-state index contributed by atoms with van der Waals surface area (Å²) in [7, 11) is 0. The molecule has 0 radical (unpaired) electrons. The normalized spacial score (nSPS) is 14.4. The monoisotopic (exact) mass is 256 g/mol. The van der Waals surface area contributed by atoms with Gasteiger partial charge in [-0.3, -0.25) is 14.8 Å². The van der Waals surface area contributed by atoms with Crippen LogP contribution in [-0.4, -0.2) is 20.4 Å². The summed E-state index contributed by atoms with van der Waals surface area (Å²) >= 11 is 0. The van der Waals surface area contributed by atoms with Gasteiger partial charge in [-0.2, -0.15) is 0 Å². The summed E-state index contributed by atoms with van der Waals surface area (Å²) in [6.45, 7) is 2.29. The smallest absolute Gasteiger partial charge is 0.268 e. The Balaban J connectivity index is 1.64. The van der Waals surface area contributed by atoms with Crippen molar-refractivity contribution in [1.29, 1.82) is 0 Å². The third-order valence-electron chi connectivity index (χ3n) is 3.22. The van der Waals surface area contributed by atoms with E-state index in [1.54, 1.807) is 12.4 Å². The maximum absolute atomic E-state index is 12.1. The van der Waals surface area contributed by atoms with E-state index in [0.717, 1.165) is 17.1 Å². The number of carbonyl (C=O) groups excluding carboxylic acids is 1. The molecule has 0 spiro atoms. The van der Waals surface area contributed by atoms with Gasteiger partial charge in [0.2, 0.25) is 0 Å².